The predicted molar refractivity (Wildman–Crippen MR) is 75.6 cm³/mol. The maximum absolute atomic E-state index is 12.0. The number of alkyl halides is 1. The fourth-order valence-electron chi connectivity index (χ4n) is 1.92. The first-order chi connectivity index (χ1) is 8.97. The summed E-state index contributed by atoms with van der Waals surface area (Å²) in [5, 5.41) is 13.6. The summed E-state index contributed by atoms with van der Waals surface area (Å²) in [6.07, 6.45) is 2.39. The number of nitro benzene ring substituents is 1. The lowest BCUT2D eigenvalue weighted by atomic mass is 10.1. The van der Waals surface area contributed by atoms with Crippen molar-refractivity contribution in [3.05, 3.63) is 39.4 Å². The number of amides is 1. The molecule has 1 unspecified atom stereocenters. The molecule has 1 atom stereocenters. The van der Waals surface area contributed by atoms with Gasteiger partial charge in [0.15, 0.2) is 0 Å². The van der Waals surface area contributed by atoms with Gasteiger partial charge >= 0.3 is 0 Å². The molecule has 1 saturated carbocycles. The van der Waals surface area contributed by atoms with Crippen LogP contribution in [-0.2, 0) is 0 Å². The van der Waals surface area contributed by atoms with E-state index in [0.717, 1.165) is 0 Å². The zero-order valence-corrected chi connectivity index (χ0v) is 12.1. The number of hydrogen-bond donors (Lipinski definition) is 1. The van der Waals surface area contributed by atoms with Crippen molar-refractivity contribution in [1.29, 1.82) is 0 Å². The first-order valence-electron chi connectivity index (χ1n) is 6.15. The van der Waals surface area contributed by atoms with Crippen LogP contribution in [0.25, 0.3) is 0 Å². The van der Waals surface area contributed by atoms with Crippen LogP contribution in [0.1, 0.15) is 28.8 Å². The van der Waals surface area contributed by atoms with Crippen molar-refractivity contribution in [2.75, 3.05) is 6.54 Å². The first kappa shape index (κ1) is 14.0. The first-order valence-corrected chi connectivity index (χ1v) is 7.07. The molecule has 1 aliphatic carbocycles. The molecule has 6 heteroatoms. The maximum atomic E-state index is 12.0. The van der Waals surface area contributed by atoms with Crippen molar-refractivity contribution in [2.45, 2.75) is 24.6 Å². The highest BCUT2D eigenvalue weighted by molar-refractivity contribution is 9.09. The molecule has 0 aliphatic heterocycles. The van der Waals surface area contributed by atoms with Gasteiger partial charge in [0.2, 0.25) is 0 Å². The topological polar surface area (TPSA) is 72.2 Å². The van der Waals surface area contributed by atoms with Gasteiger partial charge in [0.1, 0.15) is 0 Å². The number of rotatable bonds is 5. The molecule has 19 heavy (non-hydrogen) atoms. The number of aryl methyl sites for hydroxylation is 1. The molecule has 0 aromatic heterocycles. The number of carbonyl (C=O) groups excluding carboxylic acids is 1. The number of benzene rings is 1. The summed E-state index contributed by atoms with van der Waals surface area (Å²) in [6, 6.07) is 4.42. The second-order valence-corrected chi connectivity index (χ2v) is 6.05. The van der Waals surface area contributed by atoms with E-state index in [2.05, 4.69) is 21.2 Å². The normalized spacial score (nSPS) is 15.9. The number of nitrogens with zero attached hydrogens (tertiary/aromatic N) is 1. The summed E-state index contributed by atoms with van der Waals surface area (Å²) in [7, 11) is 0. The van der Waals surface area contributed by atoms with Crippen molar-refractivity contribution in [2.24, 2.45) is 5.92 Å². The van der Waals surface area contributed by atoms with Crippen LogP contribution in [0.2, 0.25) is 0 Å². The average molecular weight is 327 g/mol. The Labute approximate surface area is 119 Å². The van der Waals surface area contributed by atoms with Gasteiger partial charge in [-0.3, -0.25) is 14.9 Å². The third kappa shape index (κ3) is 3.76. The Morgan fingerprint density at radius 1 is 1.53 bits per heavy atom. The summed E-state index contributed by atoms with van der Waals surface area (Å²) < 4.78 is 0. The van der Waals surface area contributed by atoms with Crippen molar-refractivity contribution in [1.82, 2.24) is 5.32 Å². The Morgan fingerprint density at radius 2 is 2.21 bits per heavy atom. The molecule has 5 nitrogen and oxygen atoms in total. The number of hydrogen-bond acceptors (Lipinski definition) is 3. The SMILES string of the molecule is Cc1cc(C(=O)NCC(Br)C2CC2)cc([N+](=O)[O-])c1. The summed E-state index contributed by atoms with van der Waals surface area (Å²) in [4.78, 5) is 22.5. The molecule has 1 aromatic carbocycles. The van der Waals surface area contributed by atoms with E-state index in [9.17, 15) is 14.9 Å². The highest BCUT2D eigenvalue weighted by atomic mass is 79.9. The summed E-state index contributed by atoms with van der Waals surface area (Å²) in [5.41, 5.74) is 0.988. The highest BCUT2D eigenvalue weighted by Crippen LogP contribution is 2.36. The summed E-state index contributed by atoms with van der Waals surface area (Å²) >= 11 is 3.53. The second-order valence-electron chi connectivity index (χ2n) is 4.88. The van der Waals surface area contributed by atoms with Crippen LogP contribution < -0.4 is 5.32 Å². The lowest BCUT2D eigenvalue weighted by Gasteiger charge is -2.10. The minimum absolute atomic E-state index is 0.0530. The predicted octanol–water partition coefficient (Wildman–Crippen LogP) is 2.81. The van der Waals surface area contributed by atoms with Crippen LogP contribution >= 0.6 is 15.9 Å². The number of carbonyl (C=O) groups is 1. The Hall–Kier alpha value is -1.43. The lowest BCUT2D eigenvalue weighted by Crippen LogP contribution is -2.30. The molecular weight excluding hydrogens is 312 g/mol. The molecule has 1 N–H and O–H groups in total. The van der Waals surface area contributed by atoms with Gasteiger partial charge in [0.05, 0.1) is 4.92 Å². The fourth-order valence-corrected chi connectivity index (χ4v) is 2.61. The highest BCUT2D eigenvalue weighted by Gasteiger charge is 2.29. The third-order valence-electron chi connectivity index (χ3n) is 3.13. The van der Waals surface area contributed by atoms with Gasteiger partial charge in [-0.25, -0.2) is 0 Å². The summed E-state index contributed by atoms with van der Waals surface area (Å²) in [5.74, 6) is 0.379. The van der Waals surface area contributed by atoms with Crippen molar-refractivity contribution < 1.29 is 9.72 Å². The third-order valence-corrected chi connectivity index (χ3v) is 4.20. The standard InChI is InChI=1S/C13H15BrN2O3/c1-8-4-10(6-11(5-8)16(18)19)13(17)15-7-12(14)9-2-3-9/h4-6,9,12H,2-3,7H2,1H3,(H,15,17). The Bertz CT molecular complexity index is 515. The minimum Gasteiger partial charge on any atom is -0.351 e. The van der Waals surface area contributed by atoms with E-state index >= 15 is 0 Å². The zero-order valence-electron chi connectivity index (χ0n) is 10.6. The quantitative estimate of drug-likeness (QED) is 0.513. The van der Waals surface area contributed by atoms with Crippen LogP contribution in [0, 0.1) is 23.0 Å². The van der Waals surface area contributed by atoms with Gasteiger partial charge < -0.3 is 5.32 Å². The van der Waals surface area contributed by atoms with Gasteiger partial charge in [-0.05, 0) is 37.3 Å². The molecule has 102 valence electrons. The lowest BCUT2D eigenvalue weighted by molar-refractivity contribution is -0.384. The number of halogens is 1. The minimum atomic E-state index is -0.485. The van der Waals surface area contributed by atoms with E-state index in [1.165, 1.54) is 25.0 Å². The second kappa shape index (κ2) is 5.69. The van der Waals surface area contributed by atoms with E-state index in [1.54, 1.807) is 13.0 Å². The fraction of sp³-hybridized carbons (Fsp3) is 0.462. The van der Waals surface area contributed by atoms with Gasteiger partial charge in [0.25, 0.3) is 11.6 Å². The molecule has 2 rings (SSSR count). The molecule has 1 aromatic rings. The van der Waals surface area contributed by atoms with Gasteiger partial charge in [0, 0.05) is 29.1 Å². The Balaban J connectivity index is 2.03. The molecule has 0 radical (unpaired) electrons. The van der Waals surface area contributed by atoms with Crippen LogP contribution in [0.3, 0.4) is 0 Å². The van der Waals surface area contributed by atoms with E-state index in [1.807, 2.05) is 0 Å². The smallest absolute Gasteiger partial charge is 0.270 e. The van der Waals surface area contributed by atoms with Gasteiger partial charge in [-0.15, -0.1) is 0 Å². The molecule has 0 spiro atoms. The van der Waals surface area contributed by atoms with Crippen molar-refractivity contribution in [3.63, 3.8) is 0 Å². The maximum Gasteiger partial charge on any atom is 0.270 e. The van der Waals surface area contributed by atoms with Crippen LogP contribution in [0.15, 0.2) is 18.2 Å². The van der Waals surface area contributed by atoms with E-state index in [-0.39, 0.29) is 16.4 Å². The Morgan fingerprint density at radius 3 is 2.79 bits per heavy atom. The largest absolute Gasteiger partial charge is 0.351 e. The van der Waals surface area contributed by atoms with Crippen LogP contribution in [0.5, 0.6) is 0 Å². The molecule has 1 fully saturated rings. The molecule has 1 aliphatic rings. The number of nitrogens with one attached hydrogen (secondary N) is 1. The molecule has 0 saturated heterocycles. The zero-order chi connectivity index (χ0) is 14.0. The van der Waals surface area contributed by atoms with Crippen molar-refractivity contribution >= 4 is 27.5 Å². The Kier molecular flexibility index (Phi) is 4.19. The average Bonchev–Trinajstić information content (AvgIpc) is 3.18. The molecule has 0 heterocycles. The van der Waals surface area contributed by atoms with Crippen molar-refractivity contribution in [3.8, 4) is 0 Å². The van der Waals surface area contributed by atoms with E-state index in [4.69, 9.17) is 0 Å². The molecule has 0 bridgehead atoms. The molecular formula is C13H15BrN2O3. The van der Waals surface area contributed by atoms with E-state index in [0.29, 0.717) is 23.6 Å². The van der Waals surface area contributed by atoms with Gasteiger partial charge in [-0.1, -0.05) is 15.9 Å². The number of nitro groups is 1. The monoisotopic (exact) mass is 326 g/mol. The van der Waals surface area contributed by atoms with Crippen LogP contribution in [0.4, 0.5) is 5.69 Å². The summed E-state index contributed by atoms with van der Waals surface area (Å²) in [6.45, 7) is 2.28. The van der Waals surface area contributed by atoms with Crippen LogP contribution in [-0.4, -0.2) is 22.2 Å². The molecule has 1 amide bonds. The number of non-ortho nitro benzene ring substituents is 1. The van der Waals surface area contributed by atoms with Gasteiger partial charge in [-0.2, -0.15) is 0 Å². The van der Waals surface area contributed by atoms with E-state index < -0.39 is 4.92 Å².